The molecule has 3 nitrogen and oxygen atoms in total. The van der Waals surface area contributed by atoms with Crippen molar-refractivity contribution in [2.75, 3.05) is 0 Å². The first-order chi connectivity index (χ1) is 9.61. The van der Waals surface area contributed by atoms with Gasteiger partial charge in [-0.3, -0.25) is 4.79 Å². The van der Waals surface area contributed by atoms with Crippen LogP contribution in [0.1, 0.15) is 34.0 Å². The van der Waals surface area contributed by atoms with Gasteiger partial charge < -0.3 is 10.5 Å². The zero-order valence-electron chi connectivity index (χ0n) is 11.8. The molecule has 0 aliphatic carbocycles. The molecule has 2 rings (SSSR count). The predicted octanol–water partition coefficient (Wildman–Crippen LogP) is 3.24. The summed E-state index contributed by atoms with van der Waals surface area (Å²) in [7, 11) is 0. The van der Waals surface area contributed by atoms with Gasteiger partial charge in [0.2, 0.25) is 5.91 Å². The molecule has 0 heterocycles. The molecule has 0 fully saturated rings. The summed E-state index contributed by atoms with van der Waals surface area (Å²) < 4.78 is 5.88. The number of carbonyl (C=O) groups is 1. The first-order valence-corrected chi connectivity index (χ1v) is 6.72. The van der Waals surface area contributed by atoms with Crippen LogP contribution in [0, 0.1) is 6.92 Å². The molecule has 0 unspecified atom stereocenters. The third-order valence-electron chi connectivity index (χ3n) is 3.36. The molecule has 0 aromatic heterocycles. The number of aryl methyl sites for hydroxylation is 2. The lowest BCUT2D eigenvalue weighted by Crippen LogP contribution is -2.11. The summed E-state index contributed by atoms with van der Waals surface area (Å²) in [5.74, 6) is 0.505. The van der Waals surface area contributed by atoms with Crippen molar-refractivity contribution in [1.82, 2.24) is 0 Å². The minimum atomic E-state index is -0.406. The maximum atomic E-state index is 11.1. The molecule has 0 atom stereocenters. The molecule has 2 N–H and O–H groups in total. The van der Waals surface area contributed by atoms with Crippen molar-refractivity contribution in [3.63, 3.8) is 0 Å². The highest BCUT2D eigenvalue weighted by Gasteiger charge is 2.06. The van der Waals surface area contributed by atoms with Gasteiger partial charge in [0, 0.05) is 5.56 Å². The van der Waals surface area contributed by atoms with E-state index >= 15 is 0 Å². The second-order valence-electron chi connectivity index (χ2n) is 4.76. The number of hydrogen-bond donors (Lipinski definition) is 1. The monoisotopic (exact) mass is 269 g/mol. The molecule has 2 aromatic rings. The van der Waals surface area contributed by atoms with Gasteiger partial charge in [-0.15, -0.1) is 0 Å². The van der Waals surface area contributed by atoms with Crippen LogP contribution in [0.3, 0.4) is 0 Å². The molecule has 0 aliphatic heterocycles. The normalized spacial score (nSPS) is 10.3. The van der Waals surface area contributed by atoms with Crippen LogP contribution in [0.25, 0.3) is 0 Å². The molecule has 20 heavy (non-hydrogen) atoms. The van der Waals surface area contributed by atoms with Crippen LogP contribution in [0.5, 0.6) is 5.75 Å². The maximum Gasteiger partial charge on any atom is 0.248 e. The van der Waals surface area contributed by atoms with Gasteiger partial charge in [-0.05, 0) is 48.2 Å². The van der Waals surface area contributed by atoms with Crippen molar-refractivity contribution >= 4 is 5.91 Å². The van der Waals surface area contributed by atoms with Crippen LogP contribution < -0.4 is 10.5 Å². The number of benzene rings is 2. The van der Waals surface area contributed by atoms with E-state index in [-0.39, 0.29) is 0 Å². The smallest absolute Gasteiger partial charge is 0.248 e. The Morgan fingerprint density at radius 1 is 1.15 bits per heavy atom. The second kappa shape index (κ2) is 6.24. The van der Waals surface area contributed by atoms with E-state index in [9.17, 15) is 4.79 Å². The van der Waals surface area contributed by atoms with E-state index in [0.717, 1.165) is 23.3 Å². The van der Waals surface area contributed by atoms with E-state index in [1.807, 2.05) is 31.2 Å². The van der Waals surface area contributed by atoms with Crippen molar-refractivity contribution in [2.24, 2.45) is 5.73 Å². The summed E-state index contributed by atoms with van der Waals surface area (Å²) >= 11 is 0. The summed E-state index contributed by atoms with van der Waals surface area (Å²) in [5.41, 5.74) is 9.05. The molecule has 2 aromatic carbocycles. The summed E-state index contributed by atoms with van der Waals surface area (Å²) in [4.78, 5) is 11.1. The highest BCUT2D eigenvalue weighted by Crippen LogP contribution is 2.21. The number of para-hydroxylation sites is 1. The minimum Gasteiger partial charge on any atom is -0.489 e. The fourth-order valence-electron chi connectivity index (χ4n) is 2.10. The molecule has 0 saturated heterocycles. The highest BCUT2D eigenvalue weighted by molar-refractivity contribution is 5.93. The van der Waals surface area contributed by atoms with E-state index in [1.165, 1.54) is 5.56 Å². The van der Waals surface area contributed by atoms with Gasteiger partial charge in [0.25, 0.3) is 0 Å². The number of ether oxygens (including phenoxy) is 1. The number of primary amides is 1. The lowest BCUT2D eigenvalue weighted by atomic mass is 10.1. The fourth-order valence-corrected chi connectivity index (χ4v) is 2.10. The van der Waals surface area contributed by atoms with E-state index in [0.29, 0.717) is 12.2 Å². The fraction of sp³-hybridized carbons (Fsp3) is 0.235. The Morgan fingerprint density at radius 2 is 1.90 bits per heavy atom. The number of hydrogen-bond acceptors (Lipinski definition) is 2. The Labute approximate surface area is 119 Å². The second-order valence-corrected chi connectivity index (χ2v) is 4.76. The quantitative estimate of drug-likeness (QED) is 0.906. The molecule has 3 heteroatoms. The van der Waals surface area contributed by atoms with Gasteiger partial charge in [0.15, 0.2) is 0 Å². The van der Waals surface area contributed by atoms with Crippen LogP contribution in [-0.4, -0.2) is 5.91 Å². The Kier molecular flexibility index (Phi) is 4.41. The summed E-state index contributed by atoms with van der Waals surface area (Å²) in [6, 6.07) is 13.5. The van der Waals surface area contributed by atoms with E-state index in [2.05, 4.69) is 13.0 Å². The molecule has 0 radical (unpaired) electrons. The molecular weight excluding hydrogens is 250 g/mol. The van der Waals surface area contributed by atoms with Crippen molar-refractivity contribution in [3.8, 4) is 5.75 Å². The van der Waals surface area contributed by atoms with Crippen molar-refractivity contribution in [2.45, 2.75) is 26.9 Å². The lowest BCUT2D eigenvalue weighted by Gasteiger charge is -2.12. The van der Waals surface area contributed by atoms with Crippen LogP contribution in [-0.2, 0) is 13.0 Å². The molecule has 0 aliphatic rings. The third kappa shape index (κ3) is 3.18. The molecule has 0 bridgehead atoms. The summed E-state index contributed by atoms with van der Waals surface area (Å²) in [6.45, 7) is 4.55. The Morgan fingerprint density at radius 3 is 2.55 bits per heavy atom. The number of nitrogens with two attached hydrogens (primary N) is 1. The Bertz CT molecular complexity index is 620. The number of amides is 1. The van der Waals surface area contributed by atoms with Gasteiger partial charge >= 0.3 is 0 Å². The molecule has 0 spiro atoms. The minimum absolute atomic E-state index is 0.406. The summed E-state index contributed by atoms with van der Waals surface area (Å²) in [6.07, 6.45) is 0.940. The van der Waals surface area contributed by atoms with Gasteiger partial charge in [-0.2, -0.15) is 0 Å². The van der Waals surface area contributed by atoms with Crippen molar-refractivity contribution in [3.05, 3.63) is 64.7 Å². The predicted molar refractivity (Wildman–Crippen MR) is 79.8 cm³/mol. The Hall–Kier alpha value is -2.29. The van der Waals surface area contributed by atoms with E-state index in [1.54, 1.807) is 12.1 Å². The average molecular weight is 269 g/mol. The first kappa shape index (κ1) is 14.1. The van der Waals surface area contributed by atoms with Crippen molar-refractivity contribution < 1.29 is 9.53 Å². The van der Waals surface area contributed by atoms with E-state index in [4.69, 9.17) is 10.5 Å². The van der Waals surface area contributed by atoms with Crippen molar-refractivity contribution in [1.29, 1.82) is 0 Å². The average Bonchev–Trinajstić information content (AvgIpc) is 2.46. The molecule has 104 valence electrons. The van der Waals surface area contributed by atoms with E-state index < -0.39 is 5.91 Å². The van der Waals surface area contributed by atoms with Crippen LogP contribution in [0.4, 0.5) is 0 Å². The largest absolute Gasteiger partial charge is 0.489 e. The van der Waals surface area contributed by atoms with Gasteiger partial charge in [-0.1, -0.05) is 31.2 Å². The highest BCUT2D eigenvalue weighted by atomic mass is 16.5. The number of rotatable bonds is 5. The standard InChI is InChI=1S/C17H19NO2/c1-3-13-6-4-5-7-16(13)20-11-15-9-8-14(17(18)19)10-12(15)2/h4-10H,3,11H2,1-2H3,(H2,18,19). The SMILES string of the molecule is CCc1ccccc1OCc1ccc(C(N)=O)cc1C. The van der Waals surface area contributed by atoms with Crippen LogP contribution in [0.15, 0.2) is 42.5 Å². The topological polar surface area (TPSA) is 52.3 Å². The molecular formula is C17H19NO2. The van der Waals surface area contributed by atoms with Gasteiger partial charge in [-0.25, -0.2) is 0 Å². The lowest BCUT2D eigenvalue weighted by molar-refractivity contribution is 0.1000. The van der Waals surface area contributed by atoms with Crippen LogP contribution >= 0.6 is 0 Å². The first-order valence-electron chi connectivity index (χ1n) is 6.72. The summed E-state index contributed by atoms with van der Waals surface area (Å²) in [5, 5.41) is 0. The maximum absolute atomic E-state index is 11.1. The van der Waals surface area contributed by atoms with Gasteiger partial charge in [0.05, 0.1) is 0 Å². The zero-order valence-corrected chi connectivity index (χ0v) is 11.8. The Balaban J connectivity index is 2.13. The van der Waals surface area contributed by atoms with Gasteiger partial charge in [0.1, 0.15) is 12.4 Å². The van der Waals surface area contributed by atoms with Crippen LogP contribution in [0.2, 0.25) is 0 Å². The zero-order chi connectivity index (χ0) is 14.5. The third-order valence-corrected chi connectivity index (χ3v) is 3.36. The number of carbonyl (C=O) groups excluding carboxylic acids is 1. The molecule has 1 amide bonds. The molecule has 0 saturated carbocycles.